The maximum absolute atomic E-state index is 12.9. The van der Waals surface area contributed by atoms with Crippen molar-refractivity contribution in [3.63, 3.8) is 0 Å². The summed E-state index contributed by atoms with van der Waals surface area (Å²) in [6.45, 7) is 1.90. The van der Waals surface area contributed by atoms with Crippen LogP contribution in [0.5, 0.6) is 28.7 Å². The molecule has 3 N–H and O–H groups in total. The molecule has 2 aromatic carbocycles. The molecule has 1 aromatic heterocycles. The van der Waals surface area contributed by atoms with Crippen molar-refractivity contribution in [1.82, 2.24) is 5.32 Å². The predicted octanol–water partition coefficient (Wildman–Crippen LogP) is 3.27. The summed E-state index contributed by atoms with van der Waals surface area (Å²) in [6, 6.07) is 11.3. The number of methoxy groups -OCH3 is 3. The molecule has 9 heteroatoms. The third kappa shape index (κ3) is 6.06. The molecule has 0 aliphatic rings. The van der Waals surface area contributed by atoms with Gasteiger partial charge in [-0.1, -0.05) is 12.1 Å². The maximum Gasteiger partial charge on any atom is 0.343 e. The Bertz CT molecular complexity index is 1210. The summed E-state index contributed by atoms with van der Waals surface area (Å²) in [7, 11) is 4.40. The molecule has 0 fully saturated rings. The van der Waals surface area contributed by atoms with Gasteiger partial charge in [0.25, 0.3) is 0 Å². The topological polar surface area (TPSA) is 127 Å². The van der Waals surface area contributed by atoms with E-state index < -0.39 is 11.5 Å². The number of aromatic hydroxyl groups is 2. The summed E-state index contributed by atoms with van der Waals surface area (Å²) in [6.07, 6.45) is 0.411. The number of carbonyl (C=O) groups is 1. The molecule has 9 nitrogen and oxygen atoms in total. The first-order chi connectivity index (χ1) is 16.8. The van der Waals surface area contributed by atoms with Gasteiger partial charge in [-0.3, -0.25) is 4.79 Å². The Hall–Kier alpha value is -4.14. The van der Waals surface area contributed by atoms with Crippen LogP contribution in [-0.2, 0) is 11.2 Å². The summed E-state index contributed by atoms with van der Waals surface area (Å²) in [5.74, 6) is 0.00801. The first kappa shape index (κ1) is 25.5. The Labute approximate surface area is 202 Å². The fourth-order valence-electron chi connectivity index (χ4n) is 3.88. The number of phenolic OH excluding ortho intramolecular Hbond substituents is 1. The first-order valence-electron chi connectivity index (χ1n) is 11.0. The number of carbonyl (C=O) groups excluding carboxylic acids is 1. The van der Waals surface area contributed by atoms with E-state index in [0.29, 0.717) is 35.8 Å². The van der Waals surface area contributed by atoms with Gasteiger partial charge in [-0.15, -0.1) is 0 Å². The predicted molar refractivity (Wildman–Crippen MR) is 129 cm³/mol. The second-order valence-corrected chi connectivity index (χ2v) is 7.93. The van der Waals surface area contributed by atoms with Crippen LogP contribution in [0.2, 0.25) is 0 Å². The first-order valence-corrected chi connectivity index (χ1v) is 11.0. The molecule has 186 valence electrons. The Morgan fingerprint density at radius 3 is 2.17 bits per heavy atom. The number of phenols is 1. The lowest BCUT2D eigenvalue weighted by Gasteiger charge is -2.21. The summed E-state index contributed by atoms with van der Waals surface area (Å²) in [5, 5.41) is 22.9. The zero-order valence-corrected chi connectivity index (χ0v) is 20.1. The number of hydrogen-bond donors (Lipinski definition) is 3. The number of benzene rings is 2. The third-order valence-electron chi connectivity index (χ3n) is 5.59. The number of nitrogens with one attached hydrogen (secondary N) is 1. The molecule has 1 heterocycles. The van der Waals surface area contributed by atoms with E-state index in [2.05, 4.69) is 5.32 Å². The number of rotatable bonds is 10. The SMILES string of the molecule is COc1cc([C@@H](CC(=O)NCCc2ccc(O)cc2)c2c(O)cc(C)oc2=O)cc(OC)c1OC. The Balaban J connectivity index is 1.93. The van der Waals surface area contributed by atoms with Crippen LogP contribution in [0.1, 0.15) is 34.8 Å². The van der Waals surface area contributed by atoms with E-state index in [-0.39, 0.29) is 35.2 Å². The van der Waals surface area contributed by atoms with Crippen LogP contribution in [0, 0.1) is 6.92 Å². The second kappa shape index (κ2) is 11.3. The average Bonchev–Trinajstić information content (AvgIpc) is 2.83. The average molecular weight is 484 g/mol. The summed E-state index contributed by atoms with van der Waals surface area (Å²) in [5.41, 5.74) is 0.664. The molecule has 0 spiro atoms. The zero-order valence-electron chi connectivity index (χ0n) is 20.1. The molecule has 0 unspecified atom stereocenters. The molecule has 3 aromatic rings. The van der Waals surface area contributed by atoms with Gasteiger partial charge in [-0.2, -0.15) is 0 Å². The Kier molecular flexibility index (Phi) is 8.25. The lowest BCUT2D eigenvalue weighted by Crippen LogP contribution is -2.28. The van der Waals surface area contributed by atoms with E-state index >= 15 is 0 Å². The fraction of sp³-hybridized carbons (Fsp3) is 0.308. The van der Waals surface area contributed by atoms with Crippen LogP contribution in [0.4, 0.5) is 0 Å². The smallest absolute Gasteiger partial charge is 0.343 e. The highest BCUT2D eigenvalue weighted by atomic mass is 16.5. The van der Waals surface area contributed by atoms with Crippen molar-refractivity contribution in [2.75, 3.05) is 27.9 Å². The number of ether oxygens (including phenoxy) is 3. The van der Waals surface area contributed by atoms with Gasteiger partial charge < -0.3 is 34.2 Å². The van der Waals surface area contributed by atoms with Crippen LogP contribution in [0.15, 0.2) is 51.7 Å². The largest absolute Gasteiger partial charge is 0.508 e. The lowest BCUT2D eigenvalue weighted by atomic mass is 9.88. The van der Waals surface area contributed by atoms with Crippen molar-refractivity contribution in [3.8, 4) is 28.7 Å². The molecule has 3 rings (SSSR count). The van der Waals surface area contributed by atoms with Gasteiger partial charge in [-0.25, -0.2) is 4.79 Å². The minimum Gasteiger partial charge on any atom is -0.508 e. The van der Waals surface area contributed by atoms with Crippen molar-refractivity contribution in [3.05, 3.63) is 75.3 Å². The van der Waals surface area contributed by atoms with Gasteiger partial charge in [0.15, 0.2) is 11.5 Å². The zero-order chi connectivity index (χ0) is 25.5. The second-order valence-electron chi connectivity index (χ2n) is 7.93. The maximum atomic E-state index is 12.9. The van der Waals surface area contributed by atoms with Gasteiger partial charge in [0.2, 0.25) is 11.7 Å². The molecular weight excluding hydrogens is 454 g/mol. The highest BCUT2D eigenvalue weighted by molar-refractivity contribution is 5.78. The van der Waals surface area contributed by atoms with E-state index in [1.165, 1.54) is 27.4 Å². The van der Waals surface area contributed by atoms with Crippen molar-refractivity contribution in [1.29, 1.82) is 0 Å². The molecule has 0 aliphatic carbocycles. The highest BCUT2D eigenvalue weighted by Crippen LogP contribution is 2.42. The van der Waals surface area contributed by atoms with Crippen LogP contribution in [-0.4, -0.2) is 44.0 Å². The van der Waals surface area contributed by atoms with Crippen molar-refractivity contribution < 1.29 is 33.6 Å². The standard InChI is InChI=1S/C26H29NO8/c1-15-11-20(29)24(26(31)35-15)19(17-12-21(32-2)25(34-4)22(13-17)33-3)14-23(30)27-10-9-16-5-7-18(28)8-6-16/h5-8,11-13,19,28-29H,9-10,14H2,1-4H3,(H,27,30)/t19-/m1/s1. The minimum absolute atomic E-state index is 0.0430. The van der Waals surface area contributed by atoms with Gasteiger partial charge in [0, 0.05) is 24.9 Å². The van der Waals surface area contributed by atoms with Crippen LogP contribution in [0.25, 0.3) is 0 Å². The van der Waals surface area contributed by atoms with E-state index in [9.17, 15) is 19.8 Å². The van der Waals surface area contributed by atoms with Gasteiger partial charge >= 0.3 is 5.63 Å². The molecule has 0 radical (unpaired) electrons. The monoisotopic (exact) mass is 483 g/mol. The molecule has 0 saturated carbocycles. The van der Waals surface area contributed by atoms with E-state index in [0.717, 1.165) is 5.56 Å². The summed E-state index contributed by atoms with van der Waals surface area (Å²) < 4.78 is 21.4. The van der Waals surface area contributed by atoms with Crippen molar-refractivity contribution in [2.45, 2.75) is 25.7 Å². The molecule has 0 bridgehead atoms. The summed E-state index contributed by atoms with van der Waals surface area (Å²) >= 11 is 0. The van der Waals surface area contributed by atoms with Gasteiger partial charge in [0.1, 0.15) is 17.3 Å². The number of aryl methyl sites for hydroxylation is 1. The fourth-order valence-corrected chi connectivity index (χ4v) is 3.88. The molecular formula is C26H29NO8. The molecule has 1 atom stereocenters. The normalized spacial score (nSPS) is 11.5. The molecule has 35 heavy (non-hydrogen) atoms. The molecule has 0 saturated heterocycles. The Morgan fingerprint density at radius 1 is 1.00 bits per heavy atom. The molecule has 1 amide bonds. The molecule has 0 aliphatic heterocycles. The van der Waals surface area contributed by atoms with Crippen LogP contribution < -0.4 is 25.2 Å². The number of amides is 1. The Morgan fingerprint density at radius 2 is 1.63 bits per heavy atom. The summed E-state index contributed by atoms with van der Waals surface area (Å²) in [4.78, 5) is 25.7. The van der Waals surface area contributed by atoms with Gasteiger partial charge in [-0.05, 0) is 48.7 Å². The minimum atomic E-state index is -0.853. The number of hydrogen-bond acceptors (Lipinski definition) is 8. The van der Waals surface area contributed by atoms with E-state index in [1.54, 1.807) is 43.3 Å². The van der Waals surface area contributed by atoms with Gasteiger partial charge in [0.05, 0.1) is 26.9 Å². The van der Waals surface area contributed by atoms with Crippen molar-refractivity contribution in [2.24, 2.45) is 0 Å². The lowest BCUT2D eigenvalue weighted by molar-refractivity contribution is -0.121. The van der Waals surface area contributed by atoms with E-state index in [1.807, 2.05) is 0 Å². The highest BCUT2D eigenvalue weighted by Gasteiger charge is 2.28. The van der Waals surface area contributed by atoms with Crippen molar-refractivity contribution >= 4 is 5.91 Å². The van der Waals surface area contributed by atoms with Crippen LogP contribution >= 0.6 is 0 Å². The third-order valence-corrected chi connectivity index (χ3v) is 5.59. The van der Waals surface area contributed by atoms with Crippen LogP contribution in [0.3, 0.4) is 0 Å². The van der Waals surface area contributed by atoms with E-state index in [4.69, 9.17) is 18.6 Å². The quantitative estimate of drug-likeness (QED) is 0.401.